The quantitative estimate of drug-likeness (QED) is 0.707. The fourth-order valence-corrected chi connectivity index (χ4v) is 1.22. The molecule has 0 aromatic carbocycles. The molecule has 72 valence electrons. The second-order valence-electron chi connectivity index (χ2n) is 2.97. The summed E-state index contributed by atoms with van der Waals surface area (Å²) < 4.78 is 1.48. The van der Waals surface area contributed by atoms with Gasteiger partial charge >= 0.3 is 0 Å². The first-order chi connectivity index (χ1) is 6.66. The van der Waals surface area contributed by atoms with Gasteiger partial charge in [0.25, 0.3) is 0 Å². The SMILES string of the molecule is CC(=O)Nc1cc(C)nc2cnnn12. The van der Waals surface area contributed by atoms with E-state index in [9.17, 15) is 4.79 Å². The maximum atomic E-state index is 10.9. The van der Waals surface area contributed by atoms with Crippen LogP contribution in [0.15, 0.2) is 12.3 Å². The van der Waals surface area contributed by atoms with Crippen LogP contribution >= 0.6 is 0 Å². The van der Waals surface area contributed by atoms with Crippen LogP contribution in [0, 0.1) is 6.92 Å². The molecule has 0 aliphatic rings. The Morgan fingerprint density at radius 3 is 3.07 bits per heavy atom. The average Bonchev–Trinajstić information content (AvgIpc) is 2.50. The normalized spacial score (nSPS) is 10.4. The Balaban J connectivity index is 2.60. The molecule has 2 rings (SSSR count). The molecule has 0 aliphatic carbocycles. The Bertz CT molecular complexity index is 489. The van der Waals surface area contributed by atoms with Gasteiger partial charge in [-0.2, -0.15) is 4.52 Å². The van der Waals surface area contributed by atoms with Crippen molar-refractivity contribution in [2.24, 2.45) is 0 Å². The van der Waals surface area contributed by atoms with Gasteiger partial charge in [-0.15, -0.1) is 5.10 Å². The summed E-state index contributed by atoms with van der Waals surface area (Å²) in [6, 6.07) is 1.74. The molecule has 6 heteroatoms. The number of rotatable bonds is 1. The fourth-order valence-electron chi connectivity index (χ4n) is 1.22. The van der Waals surface area contributed by atoms with E-state index in [0.29, 0.717) is 11.5 Å². The standard InChI is InChI=1S/C8H9N5O/c1-5-3-7(11-6(2)14)13-8(10-5)4-9-12-13/h3-4H,1-2H3,(H,11,14). The zero-order chi connectivity index (χ0) is 10.1. The lowest BCUT2D eigenvalue weighted by atomic mass is 10.4. The summed E-state index contributed by atoms with van der Waals surface area (Å²) in [4.78, 5) is 15.1. The van der Waals surface area contributed by atoms with E-state index in [1.807, 2.05) is 6.92 Å². The molecule has 1 amide bonds. The van der Waals surface area contributed by atoms with E-state index in [2.05, 4.69) is 20.6 Å². The van der Waals surface area contributed by atoms with Crippen LogP contribution in [0.25, 0.3) is 5.65 Å². The number of carbonyl (C=O) groups excluding carboxylic acids is 1. The van der Waals surface area contributed by atoms with Crippen LogP contribution in [0.4, 0.5) is 5.82 Å². The van der Waals surface area contributed by atoms with Gasteiger partial charge in [0.15, 0.2) is 5.65 Å². The van der Waals surface area contributed by atoms with Crippen LogP contribution in [-0.4, -0.2) is 25.7 Å². The second-order valence-corrected chi connectivity index (χ2v) is 2.97. The van der Waals surface area contributed by atoms with E-state index in [0.717, 1.165) is 5.69 Å². The zero-order valence-corrected chi connectivity index (χ0v) is 7.85. The minimum Gasteiger partial charge on any atom is -0.311 e. The molecule has 6 nitrogen and oxygen atoms in total. The zero-order valence-electron chi connectivity index (χ0n) is 7.85. The van der Waals surface area contributed by atoms with Gasteiger partial charge in [-0.25, -0.2) is 4.98 Å². The maximum absolute atomic E-state index is 10.9. The van der Waals surface area contributed by atoms with Crippen molar-refractivity contribution in [2.45, 2.75) is 13.8 Å². The smallest absolute Gasteiger partial charge is 0.222 e. The molecule has 0 atom stereocenters. The van der Waals surface area contributed by atoms with Gasteiger partial charge in [0, 0.05) is 18.7 Å². The van der Waals surface area contributed by atoms with E-state index in [1.165, 1.54) is 17.6 Å². The lowest BCUT2D eigenvalue weighted by molar-refractivity contribution is -0.114. The molecule has 2 heterocycles. The lowest BCUT2D eigenvalue weighted by Crippen LogP contribution is -2.11. The largest absolute Gasteiger partial charge is 0.311 e. The van der Waals surface area contributed by atoms with Crippen molar-refractivity contribution in [3.05, 3.63) is 18.0 Å². The summed E-state index contributed by atoms with van der Waals surface area (Å²) in [6.45, 7) is 3.29. The molecule has 2 aromatic heterocycles. The predicted octanol–water partition coefficient (Wildman–Crippen LogP) is 0.391. The Morgan fingerprint density at radius 2 is 2.36 bits per heavy atom. The van der Waals surface area contributed by atoms with Gasteiger partial charge < -0.3 is 5.32 Å². The van der Waals surface area contributed by atoms with Crippen LogP contribution < -0.4 is 5.32 Å². The van der Waals surface area contributed by atoms with Crippen molar-refractivity contribution in [2.75, 3.05) is 5.32 Å². The van der Waals surface area contributed by atoms with Crippen molar-refractivity contribution in [3.8, 4) is 0 Å². The highest BCUT2D eigenvalue weighted by Crippen LogP contribution is 2.10. The van der Waals surface area contributed by atoms with Crippen molar-refractivity contribution in [1.82, 2.24) is 19.8 Å². The number of hydrogen-bond donors (Lipinski definition) is 1. The molecular formula is C8H9N5O. The van der Waals surface area contributed by atoms with Crippen molar-refractivity contribution >= 4 is 17.4 Å². The summed E-state index contributed by atoms with van der Waals surface area (Å²) in [7, 11) is 0. The Kier molecular flexibility index (Phi) is 1.88. The lowest BCUT2D eigenvalue weighted by Gasteiger charge is -2.04. The number of anilines is 1. The summed E-state index contributed by atoms with van der Waals surface area (Å²) in [6.07, 6.45) is 1.54. The predicted molar refractivity (Wildman–Crippen MR) is 49.8 cm³/mol. The third-order valence-electron chi connectivity index (χ3n) is 1.70. The molecule has 14 heavy (non-hydrogen) atoms. The van der Waals surface area contributed by atoms with Gasteiger partial charge in [-0.05, 0) is 6.92 Å². The van der Waals surface area contributed by atoms with Gasteiger partial charge in [-0.1, -0.05) is 5.21 Å². The maximum Gasteiger partial charge on any atom is 0.222 e. The molecule has 0 saturated carbocycles. The van der Waals surface area contributed by atoms with E-state index in [1.54, 1.807) is 6.07 Å². The van der Waals surface area contributed by atoms with Crippen LogP contribution in [0.2, 0.25) is 0 Å². The minimum absolute atomic E-state index is 0.146. The molecule has 0 fully saturated rings. The molecule has 0 bridgehead atoms. The molecule has 1 N–H and O–H groups in total. The molecule has 0 radical (unpaired) electrons. The molecule has 0 spiro atoms. The van der Waals surface area contributed by atoms with Crippen LogP contribution in [-0.2, 0) is 4.79 Å². The number of nitrogens with one attached hydrogen (secondary N) is 1. The summed E-state index contributed by atoms with van der Waals surface area (Å²) >= 11 is 0. The molecule has 2 aromatic rings. The number of aryl methyl sites for hydroxylation is 1. The van der Waals surface area contributed by atoms with Gasteiger partial charge in [0.1, 0.15) is 5.82 Å². The molecular weight excluding hydrogens is 182 g/mol. The third kappa shape index (κ3) is 1.41. The monoisotopic (exact) mass is 191 g/mol. The van der Waals surface area contributed by atoms with Crippen LogP contribution in [0.3, 0.4) is 0 Å². The van der Waals surface area contributed by atoms with Crippen molar-refractivity contribution in [1.29, 1.82) is 0 Å². The summed E-state index contributed by atoms with van der Waals surface area (Å²) in [5.41, 5.74) is 1.43. The number of nitrogens with zero attached hydrogens (tertiary/aromatic N) is 4. The first kappa shape index (κ1) is 8.61. The first-order valence-electron chi connectivity index (χ1n) is 4.12. The average molecular weight is 191 g/mol. The van der Waals surface area contributed by atoms with E-state index >= 15 is 0 Å². The molecule has 0 unspecified atom stereocenters. The van der Waals surface area contributed by atoms with Gasteiger partial charge in [-0.3, -0.25) is 4.79 Å². The van der Waals surface area contributed by atoms with Gasteiger partial charge in [0.2, 0.25) is 5.91 Å². The van der Waals surface area contributed by atoms with Gasteiger partial charge in [0.05, 0.1) is 6.20 Å². The highest BCUT2D eigenvalue weighted by atomic mass is 16.1. The highest BCUT2D eigenvalue weighted by molar-refractivity contribution is 5.87. The number of aromatic nitrogens is 4. The van der Waals surface area contributed by atoms with Crippen LogP contribution in [0.1, 0.15) is 12.6 Å². The number of fused-ring (bicyclic) bond motifs is 1. The second kappa shape index (κ2) is 3.06. The minimum atomic E-state index is -0.146. The van der Waals surface area contributed by atoms with Crippen molar-refractivity contribution < 1.29 is 4.79 Å². The van der Waals surface area contributed by atoms with E-state index in [-0.39, 0.29) is 5.91 Å². The fraction of sp³-hybridized carbons (Fsp3) is 0.250. The Labute approximate surface area is 80.0 Å². The van der Waals surface area contributed by atoms with E-state index < -0.39 is 0 Å². The highest BCUT2D eigenvalue weighted by Gasteiger charge is 2.05. The number of carbonyl (C=O) groups is 1. The van der Waals surface area contributed by atoms with Crippen molar-refractivity contribution in [3.63, 3.8) is 0 Å². The van der Waals surface area contributed by atoms with E-state index in [4.69, 9.17) is 0 Å². The van der Waals surface area contributed by atoms with Crippen LogP contribution in [0.5, 0.6) is 0 Å². The number of hydrogen-bond acceptors (Lipinski definition) is 4. The number of amides is 1. The third-order valence-corrected chi connectivity index (χ3v) is 1.70. The topological polar surface area (TPSA) is 72.2 Å². The summed E-state index contributed by atoms with van der Waals surface area (Å²) in [5, 5.41) is 10.2. The molecule has 0 saturated heterocycles. The Morgan fingerprint density at radius 1 is 1.57 bits per heavy atom. The summed E-state index contributed by atoms with van der Waals surface area (Å²) in [5.74, 6) is 0.435. The molecule has 0 aliphatic heterocycles. The first-order valence-corrected chi connectivity index (χ1v) is 4.12. The Hall–Kier alpha value is -1.98.